The summed E-state index contributed by atoms with van der Waals surface area (Å²) in [4.78, 5) is 14.9. The number of nitrogens with zero attached hydrogens (tertiary/aromatic N) is 1. The Labute approximate surface area is 180 Å². The quantitative estimate of drug-likeness (QED) is 0.729. The molecule has 0 aliphatic carbocycles. The van der Waals surface area contributed by atoms with Gasteiger partial charge in [-0.05, 0) is 42.7 Å². The number of amides is 1. The molecule has 3 aliphatic rings. The van der Waals surface area contributed by atoms with E-state index in [0.29, 0.717) is 31.0 Å². The Kier molecular flexibility index (Phi) is 9.51. The lowest BCUT2D eigenvalue weighted by molar-refractivity contribution is -0.122. The van der Waals surface area contributed by atoms with Gasteiger partial charge in [-0.25, -0.2) is 0 Å². The number of rotatable bonds is 6. The molecule has 3 aliphatic heterocycles. The Morgan fingerprint density at radius 1 is 1.07 bits per heavy atom. The highest BCUT2D eigenvalue weighted by Gasteiger charge is 2.34. The van der Waals surface area contributed by atoms with Gasteiger partial charge in [0.1, 0.15) is 0 Å². The molecule has 0 aromatic heterocycles. The zero-order valence-electron chi connectivity index (χ0n) is 16.4. The van der Waals surface area contributed by atoms with Crippen LogP contribution in [0, 0.1) is 5.92 Å². The summed E-state index contributed by atoms with van der Waals surface area (Å²) in [6, 6.07) is 9.78. The summed E-state index contributed by atoms with van der Waals surface area (Å²) in [6.45, 7) is 5.18. The van der Waals surface area contributed by atoms with Crippen LogP contribution in [0.1, 0.15) is 43.2 Å². The fourth-order valence-electron chi connectivity index (χ4n) is 4.75. The zero-order valence-corrected chi connectivity index (χ0v) is 18.0. The van der Waals surface area contributed by atoms with E-state index in [1.54, 1.807) is 0 Å². The maximum absolute atomic E-state index is 12.5. The van der Waals surface area contributed by atoms with Gasteiger partial charge in [-0.3, -0.25) is 9.69 Å². The summed E-state index contributed by atoms with van der Waals surface area (Å²) < 4.78 is 5.44. The van der Waals surface area contributed by atoms with Crippen molar-refractivity contribution in [1.29, 1.82) is 0 Å². The molecule has 3 heterocycles. The second-order valence-corrected chi connectivity index (χ2v) is 8.11. The molecule has 2 unspecified atom stereocenters. The second-order valence-electron chi connectivity index (χ2n) is 8.11. The van der Waals surface area contributed by atoms with Crippen LogP contribution in [0.15, 0.2) is 24.3 Å². The van der Waals surface area contributed by atoms with Crippen molar-refractivity contribution in [2.75, 3.05) is 26.3 Å². The Hall–Kier alpha value is -0.850. The van der Waals surface area contributed by atoms with Crippen molar-refractivity contribution >= 4 is 30.7 Å². The average Bonchev–Trinajstić information content (AvgIpc) is 3.00. The van der Waals surface area contributed by atoms with Gasteiger partial charge in [-0.1, -0.05) is 24.3 Å². The van der Waals surface area contributed by atoms with E-state index in [1.165, 1.54) is 24.0 Å². The van der Waals surface area contributed by atoms with Crippen molar-refractivity contribution in [3.8, 4) is 0 Å². The molecule has 3 saturated heterocycles. The molecule has 1 aromatic rings. The largest absolute Gasteiger partial charge is 0.379 e. The number of piperidine rings is 1. The summed E-state index contributed by atoms with van der Waals surface area (Å²) in [7, 11) is 0. The van der Waals surface area contributed by atoms with Crippen molar-refractivity contribution < 1.29 is 9.53 Å². The van der Waals surface area contributed by atoms with Gasteiger partial charge < -0.3 is 15.4 Å². The van der Waals surface area contributed by atoms with Gasteiger partial charge in [0.05, 0.1) is 13.2 Å². The molecule has 0 radical (unpaired) electrons. The van der Waals surface area contributed by atoms with Crippen molar-refractivity contribution in [2.24, 2.45) is 5.92 Å². The van der Waals surface area contributed by atoms with E-state index in [0.717, 1.165) is 45.7 Å². The highest BCUT2D eigenvalue weighted by molar-refractivity contribution is 5.85. The molecule has 2 bridgehead atoms. The molecule has 158 valence electrons. The molecule has 1 aromatic carbocycles. The standard InChI is InChI=1S/C21H31N3O2.2ClH/c25-21(13-16-11-19-5-6-20(12-16)23-19)22-14-17-3-1-2-4-18(17)15-24-7-9-26-10-8-24;;/h1-4,16,19-20,23H,5-15H2,(H,22,25);2*1H. The number of carbonyl (C=O) groups is 1. The molecule has 0 spiro atoms. The summed E-state index contributed by atoms with van der Waals surface area (Å²) >= 11 is 0. The SMILES string of the molecule is Cl.Cl.O=C(CC1CC2CCC(C1)N2)NCc1ccccc1CN1CCOCC1. The smallest absolute Gasteiger partial charge is 0.220 e. The van der Waals surface area contributed by atoms with Crippen LogP contribution in [0.2, 0.25) is 0 Å². The Morgan fingerprint density at radius 2 is 1.71 bits per heavy atom. The molecule has 28 heavy (non-hydrogen) atoms. The van der Waals surface area contributed by atoms with Gasteiger partial charge in [-0.2, -0.15) is 0 Å². The average molecular weight is 430 g/mol. The van der Waals surface area contributed by atoms with Crippen molar-refractivity contribution in [1.82, 2.24) is 15.5 Å². The third-order valence-corrected chi connectivity index (χ3v) is 6.14. The first-order chi connectivity index (χ1) is 12.8. The van der Waals surface area contributed by atoms with Crippen LogP contribution in [-0.2, 0) is 22.6 Å². The molecule has 5 nitrogen and oxygen atoms in total. The van der Waals surface area contributed by atoms with Gasteiger partial charge in [0, 0.05) is 44.7 Å². The molecule has 4 rings (SSSR count). The van der Waals surface area contributed by atoms with E-state index in [4.69, 9.17) is 4.74 Å². The number of hydrogen-bond acceptors (Lipinski definition) is 4. The first-order valence-electron chi connectivity index (χ1n) is 10.2. The summed E-state index contributed by atoms with van der Waals surface area (Å²) in [5.74, 6) is 0.759. The van der Waals surface area contributed by atoms with Crippen LogP contribution >= 0.6 is 24.8 Å². The molecule has 7 heteroatoms. The van der Waals surface area contributed by atoms with Gasteiger partial charge in [0.25, 0.3) is 0 Å². The minimum atomic E-state index is 0. The number of morpholine rings is 1. The minimum Gasteiger partial charge on any atom is -0.379 e. The highest BCUT2D eigenvalue weighted by atomic mass is 35.5. The van der Waals surface area contributed by atoms with Crippen LogP contribution in [0.5, 0.6) is 0 Å². The molecule has 2 atom stereocenters. The lowest BCUT2D eigenvalue weighted by Crippen LogP contribution is -2.39. The fourth-order valence-corrected chi connectivity index (χ4v) is 4.75. The zero-order chi connectivity index (χ0) is 17.8. The first kappa shape index (κ1) is 23.4. The third kappa shape index (κ3) is 6.33. The minimum absolute atomic E-state index is 0. The third-order valence-electron chi connectivity index (χ3n) is 6.14. The van der Waals surface area contributed by atoms with Crippen molar-refractivity contribution in [3.05, 3.63) is 35.4 Å². The molecule has 3 fully saturated rings. The van der Waals surface area contributed by atoms with Crippen LogP contribution < -0.4 is 10.6 Å². The number of ether oxygens (including phenoxy) is 1. The number of halogens is 2. The first-order valence-corrected chi connectivity index (χ1v) is 10.2. The summed E-state index contributed by atoms with van der Waals surface area (Å²) in [6.07, 6.45) is 5.59. The van der Waals surface area contributed by atoms with E-state index in [9.17, 15) is 4.79 Å². The Morgan fingerprint density at radius 3 is 2.39 bits per heavy atom. The van der Waals surface area contributed by atoms with Crippen molar-refractivity contribution in [2.45, 2.75) is 57.3 Å². The normalized spacial score (nSPS) is 26.8. The number of nitrogens with one attached hydrogen (secondary N) is 2. The highest BCUT2D eigenvalue weighted by Crippen LogP contribution is 2.32. The van der Waals surface area contributed by atoms with E-state index >= 15 is 0 Å². The predicted octanol–water partition coefficient (Wildman–Crippen LogP) is 2.90. The molecule has 2 N–H and O–H groups in total. The number of hydrogen-bond donors (Lipinski definition) is 2. The topological polar surface area (TPSA) is 53.6 Å². The van der Waals surface area contributed by atoms with E-state index in [1.807, 2.05) is 0 Å². The molecular weight excluding hydrogens is 397 g/mol. The maximum Gasteiger partial charge on any atom is 0.220 e. The molecule has 1 amide bonds. The predicted molar refractivity (Wildman–Crippen MR) is 116 cm³/mol. The number of carbonyl (C=O) groups excluding carboxylic acids is 1. The second kappa shape index (κ2) is 11.4. The lowest BCUT2D eigenvalue weighted by Gasteiger charge is -2.29. The molecular formula is C21H33Cl2N3O2. The number of benzene rings is 1. The number of fused-ring (bicyclic) bond motifs is 2. The van der Waals surface area contributed by atoms with Gasteiger partial charge >= 0.3 is 0 Å². The van der Waals surface area contributed by atoms with Crippen LogP contribution in [0.25, 0.3) is 0 Å². The van der Waals surface area contributed by atoms with E-state index in [-0.39, 0.29) is 30.7 Å². The van der Waals surface area contributed by atoms with Gasteiger partial charge in [-0.15, -0.1) is 24.8 Å². The summed E-state index contributed by atoms with van der Waals surface area (Å²) in [5.41, 5.74) is 2.55. The molecule has 0 saturated carbocycles. The van der Waals surface area contributed by atoms with E-state index < -0.39 is 0 Å². The Balaban J connectivity index is 0.00000140. The van der Waals surface area contributed by atoms with Gasteiger partial charge in [0.15, 0.2) is 0 Å². The van der Waals surface area contributed by atoms with Gasteiger partial charge in [0.2, 0.25) is 5.91 Å². The Bertz CT molecular complexity index is 613. The summed E-state index contributed by atoms with van der Waals surface area (Å²) in [5, 5.41) is 6.82. The van der Waals surface area contributed by atoms with Crippen LogP contribution in [0.4, 0.5) is 0 Å². The van der Waals surface area contributed by atoms with E-state index in [2.05, 4.69) is 39.8 Å². The van der Waals surface area contributed by atoms with Crippen molar-refractivity contribution in [3.63, 3.8) is 0 Å². The van der Waals surface area contributed by atoms with Crippen LogP contribution in [0.3, 0.4) is 0 Å². The fraction of sp³-hybridized carbons (Fsp3) is 0.667. The maximum atomic E-state index is 12.5. The van der Waals surface area contributed by atoms with Crippen LogP contribution in [-0.4, -0.2) is 49.2 Å². The lowest BCUT2D eigenvalue weighted by atomic mass is 9.89. The monoisotopic (exact) mass is 429 g/mol.